The summed E-state index contributed by atoms with van der Waals surface area (Å²) >= 11 is 0. The van der Waals surface area contributed by atoms with E-state index in [1.807, 2.05) is 0 Å². The number of benzene rings is 1. The molecule has 0 saturated heterocycles. The van der Waals surface area contributed by atoms with Crippen LogP contribution in [-0.4, -0.2) is 57.2 Å². The van der Waals surface area contributed by atoms with E-state index in [0.29, 0.717) is 11.3 Å². The SMILES string of the molecule is CCN(CC)S(=O)(=O)c1ccc2c(c1)CCN2C(=O)c1cccnc1S(=O)(=O)C(F)(F)F. The predicted octanol–water partition coefficient (Wildman–Crippen LogP) is 2.61. The molecule has 0 fully saturated rings. The van der Waals surface area contributed by atoms with Gasteiger partial charge in [-0.05, 0) is 42.3 Å². The predicted molar refractivity (Wildman–Crippen MR) is 109 cm³/mol. The van der Waals surface area contributed by atoms with Crippen LogP contribution in [0.25, 0.3) is 0 Å². The fraction of sp³-hybridized carbons (Fsp3) is 0.368. The number of sulfone groups is 1. The zero-order chi connectivity index (χ0) is 23.9. The molecule has 0 bridgehead atoms. The molecule has 13 heteroatoms. The van der Waals surface area contributed by atoms with E-state index in [0.717, 1.165) is 17.2 Å². The molecule has 0 spiro atoms. The molecule has 32 heavy (non-hydrogen) atoms. The van der Waals surface area contributed by atoms with Crippen molar-refractivity contribution < 1.29 is 34.8 Å². The average molecular weight is 492 g/mol. The Balaban J connectivity index is 2.01. The van der Waals surface area contributed by atoms with E-state index < -0.39 is 41.9 Å². The minimum absolute atomic E-state index is 0.0379. The molecule has 1 aromatic heterocycles. The van der Waals surface area contributed by atoms with E-state index in [-0.39, 0.29) is 31.0 Å². The van der Waals surface area contributed by atoms with Gasteiger partial charge < -0.3 is 4.90 Å². The fourth-order valence-corrected chi connectivity index (χ4v) is 5.86. The highest BCUT2D eigenvalue weighted by molar-refractivity contribution is 7.92. The molecule has 0 saturated carbocycles. The number of nitrogens with zero attached hydrogens (tertiary/aromatic N) is 3. The second-order valence-corrected chi connectivity index (χ2v) is 10.7. The van der Waals surface area contributed by atoms with Crippen LogP contribution < -0.4 is 4.90 Å². The van der Waals surface area contributed by atoms with E-state index >= 15 is 0 Å². The van der Waals surface area contributed by atoms with Crippen LogP contribution in [0.2, 0.25) is 0 Å². The van der Waals surface area contributed by atoms with Gasteiger partial charge in [-0.1, -0.05) is 13.8 Å². The summed E-state index contributed by atoms with van der Waals surface area (Å²) in [5.74, 6) is -0.973. The quantitative estimate of drug-likeness (QED) is 0.615. The molecule has 8 nitrogen and oxygen atoms in total. The highest BCUT2D eigenvalue weighted by Crippen LogP contribution is 2.35. The highest BCUT2D eigenvalue weighted by Gasteiger charge is 2.50. The van der Waals surface area contributed by atoms with Gasteiger partial charge in [0.05, 0.1) is 10.5 Å². The number of halogens is 3. The molecule has 0 unspecified atom stereocenters. The summed E-state index contributed by atoms with van der Waals surface area (Å²) in [6, 6.07) is 6.26. The Kier molecular flexibility index (Phi) is 6.37. The van der Waals surface area contributed by atoms with Gasteiger partial charge in [-0.25, -0.2) is 21.8 Å². The molecule has 0 radical (unpaired) electrons. The standard InChI is InChI=1S/C19H20F3N3O5S2/c1-3-24(4-2)32(29,30)14-7-8-16-13(12-14)9-11-25(16)18(26)15-6-5-10-23-17(15)31(27,28)19(20,21)22/h5-8,10,12H,3-4,9,11H2,1-2H3. The van der Waals surface area contributed by atoms with Crippen LogP contribution in [0.4, 0.5) is 18.9 Å². The van der Waals surface area contributed by atoms with Crippen molar-refractivity contribution in [3.8, 4) is 0 Å². The molecule has 0 N–H and O–H groups in total. The number of aromatic nitrogens is 1. The van der Waals surface area contributed by atoms with Crippen molar-refractivity contribution in [1.82, 2.24) is 9.29 Å². The van der Waals surface area contributed by atoms with Crippen molar-refractivity contribution in [1.29, 1.82) is 0 Å². The molecule has 0 aliphatic carbocycles. The summed E-state index contributed by atoms with van der Waals surface area (Å²) in [7, 11) is -9.58. The molecule has 0 atom stereocenters. The summed E-state index contributed by atoms with van der Waals surface area (Å²) < 4.78 is 89.7. The Morgan fingerprint density at radius 1 is 1.12 bits per heavy atom. The Labute approximate surface area is 183 Å². The Morgan fingerprint density at radius 3 is 2.38 bits per heavy atom. The van der Waals surface area contributed by atoms with Gasteiger partial charge in [0.25, 0.3) is 15.7 Å². The lowest BCUT2D eigenvalue weighted by Gasteiger charge is -2.21. The maximum absolute atomic E-state index is 13.0. The summed E-state index contributed by atoms with van der Waals surface area (Å²) in [5.41, 5.74) is -5.52. The summed E-state index contributed by atoms with van der Waals surface area (Å²) in [6.07, 6.45) is 1.11. The van der Waals surface area contributed by atoms with Gasteiger partial charge >= 0.3 is 5.51 Å². The molecule has 1 aliphatic rings. The van der Waals surface area contributed by atoms with Crippen LogP contribution in [-0.2, 0) is 26.3 Å². The lowest BCUT2D eigenvalue weighted by Crippen LogP contribution is -2.33. The zero-order valence-electron chi connectivity index (χ0n) is 17.1. The molecular weight excluding hydrogens is 471 g/mol. The number of pyridine rings is 1. The van der Waals surface area contributed by atoms with Crippen LogP contribution in [0.5, 0.6) is 0 Å². The first-order chi connectivity index (χ1) is 14.9. The topological polar surface area (TPSA) is 105 Å². The first-order valence-electron chi connectivity index (χ1n) is 9.57. The maximum atomic E-state index is 13.0. The molecule has 1 aromatic carbocycles. The molecule has 3 rings (SSSR count). The lowest BCUT2D eigenvalue weighted by molar-refractivity contribution is -0.0438. The van der Waals surface area contributed by atoms with E-state index in [1.165, 1.54) is 28.6 Å². The zero-order valence-corrected chi connectivity index (χ0v) is 18.8. The third-order valence-electron chi connectivity index (χ3n) is 5.10. The molecular formula is C19H20F3N3O5S2. The Bertz CT molecular complexity index is 1260. The fourth-order valence-electron chi connectivity index (χ4n) is 3.48. The number of alkyl halides is 3. The van der Waals surface area contributed by atoms with Gasteiger partial charge in [-0.2, -0.15) is 17.5 Å². The number of rotatable bonds is 6. The van der Waals surface area contributed by atoms with Crippen LogP contribution in [0.1, 0.15) is 29.8 Å². The minimum atomic E-state index is -5.84. The number of fused-ring (bicyclic) bond motifs is 1. The molecule has 2 aromatic rings. The van der Waals surface area contributed by atoms with Crippen molar-refractivity contribution in [3.05, 3.63) is 47.7 Å². The highest BCUT2D eigenvalue weighted by atomic mass is 32.2. The third kappa shape index (κ3) is 3.99. The lowest BCUT2D eigenvalue weighted by atomic mass is 10.2. The van der Waals surface area contributed by atoms with E-state index in [9.17, 15) is 34.8 Å². The number of sulfonamides is 1. The number of hydrogen-bond donors (Lipinski definition) is 0. The monoisotopic (exact) mass is 491 g/mol. The average Bonchev–Trinajstić information content (AvgIpc) is 3.16. The molecule has 2 heterocycles. The summed E-state index contributed by atoms with van der Waals surface area (Å²) in [6.45, 7) is 4.00. The smallest absolute Gasteiger partial charge is 0.308 e. The number of amides is 1. The van der Waals surface area contributed by atoms with Crippen LogP contribution in [0.15, 0.2) is 46.5 Å². The van der Waals surface area contributed by atoms with Crippen molar-refractivity contribution in [2.24, 2.45) is 0 Å². The molecule has 174 valence electrons. The van der Waals surface area contributed by atoms with E-state index in [2.05, 4.69) is 4.98 Å². The number of carbonyl (C=O) groups is 1. The third-order valence-corrected chi connectivity index (χ3v) is 8.59. The normalized spacial score (nSPS) is 14.6. The number of anilines is 1. The van der Waals surface area contributed by atoms with Gasteiger partial charge in [0.1, 0.15) is 0 Å². The van der Waals surface area contributed by atoms with E-state index in [4.69, 9.17) is 0 Å². The first-order valence-corrected chi connectivity index (χ1v) is 12.5. The van der Waals surface area contributed by atoms with Crippen LogP contribution in [0.3, 0.4) is 0 Å². The van der Waals surface area contributed by atoms with E-state index in [1.54, 1.807) is 13.8 Å². The number of hydrogen-bond acceptors (Lipinski definition) is 6. The summed E-state index contributed by atoms with van der Waals surface area (Å²) in [4.78, 5) is 17.5. The van der Waals surface area contributed by atoms with Crippen molar-refractivity contribution in [2.75, 3.05) is 24.5 Å². The van der Waals surface area contributed by atoms with Gasteiger partial charge in [-0.15, -0.1) is 0 Å². The van der Waals surface area contributed by atoms with Crippen molar-refractivity contribution in [2.45, 2.75) is 35.7 Å². The van der Waals surface area contributed by atoms with Gasteiger partial charge in [0.2, 0.25) is 10.0 Å². The summed E-state index contributed by atoms with van der Waals surface area (Å²) in [5, 5.41) is -1.37. The Morgan fingerprint density at radius 2 is 1.78 bits per heavy atom. The van der Waals surface area contributed by atoms with Crippen LogP contribution in [0, 0.1) is 0 Å². The number of carbonyl (C=O) groups excluding carboxylic acids is 1. The van der Waals surface area contributed by atoms with Crippen LogP contribution >= 0.6 is 0 Å². The first kappa shape index (κ1) is 24.1. The second kappa shape index (κ2) is 8.45. The van der Waals surface area contributed by atoms with Crippen molar-refractivity contribution in [3.63, 3.8) is 0 Å². The van der Waals surface area contributed by atoms with Gasteiger partial charge in [0.15, 0.2) is 5.03 Å². The molecule has 1 aliphatic heterocycles. The van der Waals surface area contributed by atoms with Crippen molar-refractivity contribution >= 4 is 31.5 Å². The minimum Gasteiger partial charge on any atom is -0.308 e. The maximum Gasteiger partial charge on any atom is 0.503 e. The van der Waals surface area contributed by atoms with Gasteiger partial charge in [0, 0.05) is 31.5 Å². The molecule has 1 amide bonds. The largest absolute Gasteiger partial charge is 0.503 e. The second-order valence-electron chi connectivity index (χ2n) is 6.89. The Hall–Kier alpha value is -2.51. The van der Waals surface area contributed by atoms with Gasteiger partial charge in [-0.3, -0.25) is 4.79 Å².